The molecule has 0 saturated heterocycles. The zero-order chi connectivity index (χ0) is 30.9. The third-order valence-corrected chi connectivity index (χ3v) is 8.07. The molecule has 2 aliphatic rings. The Bertz CT molecular complexity index is 1390. The van der Waals surface area contributed by atoms with Crippen LogP contribution in [-0.4, -0.2) is 47.2 Å². The molecule has 10 heteroatoms. The molecule has 4 atom stereocenters. The van der Waals surface area contributed by atoms with Crippen LogP contribution < -0.4 is 28.4 Å². The Hall–Kier alpha value is -4.08. The van der Waals surface area contributed by atoms with Crippen LogP contribution in [-0.2, 0) is 19.1 Å². The van der Waals surface area contributed by atoms with Gasteiger partial charge < -0.3 is 37.9 Å². The fourth-order valence-corrected chi connectivity index (χ4v) is 5.41. The first-order valence-electron chi connectivity index (χ1n) is 13.9. The number of methoxy groups -OCH3 is 4. The summed E-state index contributed by atoms with van der Waals surface area (Å²) in [7, 11) is 6.08. The quantitative estimate of drug-likeness (QED) is 0.263. The van der Waals surface area contributed by atoms with E-state index in [0.29, 0.717) is 62.3 Å². The molecule has 0 spiro atoms. The predicted molar refractivity (Wildman–Crippen MR) is 154 cm³/mol. The molecule has 1 aliphatic heterocycles. The van der Waals surface area contributed by atoms with Crippen LogP contribution in [0.25, 0.3) is 11.1 Å². The van der Waals surface area contributed by atoms with Crippen LogP contribution in [0.15, 0.2) is 23.8 Å². The number of allylic oxidation sites excluding steroid dienone is 1. The van der Waals surface area contributed by atoms with Crippen molar-refractivity contribution in [1.82, 2.24) is 0 Å². The maximum atomic E-state index is 13.3. The van der Waals surface area contributed by atoms with Crippen molar-refractivity contribution in [3.63, 3.8) is 0 Å². The third kappa shape index (κ3) is 5.18. The van der Waals surface area contributed by atoms with Gasteiger partial charge in [0, 0.05) is 39.7 Å². The number of esters is 2. The van der Waals surface area contributed by atoms with E-state index in [2.05, 4.69) is 0 Å². The minimum Gasteiger partial charge on any atom is -0.493 e. The molecule has 0 N–H and O–H groups in total. The smallest absolute Gasteiger partial charge is 0.333 e. The van der Waals surface area contributed by atoms with E-state index >= 15 is 0 Å². The summed E-state index contributed by atoms with van der Waals surface area (Å²) in [5, 5.41) is 0. The van der Waals surface area contributed by atoms with Gasteiger partial charge in [-0.1, -0.05) is 33.8 Å². The molecular formula is C32H40O10. The summed E-state index contributed by atoms with van der Waals surface area (Å²) in [6.07, 6.45) is 0.111. The molecule has 0 unspecified atom stereocenters. The first-order valence-corrected chi connectivity index (χ1v) is 13.9. The monoisotopic (exact) mass is 584 g/mol. The second kappa shape index (κ2) is 12.4. The maximum Gasteiger partial charge on any atom is 0.333 e. The second-order valence-electron chi connectivity index (χ2n) is 10.7. The van der Waals surface area contributed by atoms with Crippen molar-refractivity contribution in [1.29, 1.82) is 0 Å². The van der Waals surface area contributed by atoms with E-state index < -0.39 is 18.2 Å². The molecule has 228 valence electrons. The van der Waals surface area contributed by atoms with Gasteiger partial charge in [0.15, 0.2) is 23.0 Å². The van der Waals surface area contributed by atoms with Crippen molar-refractivity contribution in [2.45, 2.75) is 53.8 Å². The highest BCUT2D eigenvalue weighted by molar-refractivity contribution is 5.91. The fourth-order valence-electron chi connectivity index (χ4n) is 5.41. The molecule has 4 rings (SSSR count). The third-order valence-electron chi connectivity index (χ3n) is 8.07. The van der Waals surface area contributed by atoms with Gasteiger partial charge in [0.1, 0.15) is 12.2 Å². The lowest BCUT2D eigenvalue weighted by atomic mass is 9.74. The zero-order valence-corrected chi connectivity index (χ0v) is 25.9. The van der Waals surface area contributed by atoms with Crippen LogP contribution in [0.4, 0.5) is 0 Å². The number of hydrogen-bond acceptors (Lipinski definition) is 10. The molecule has 2 aromatic carbocycles. The highest BCUT2D eigenvalue weighted by Crippen LogP contribution is 2.60. The van der Waals surface area contributed by atoms with Crippen LogP contribution in [0, 0.1) is 17.8 Å². The predicted octanol–water partition coefficient (Wildman–Crippen LogP) is 6.19. The molecule has 0 radical (unpaired) electrons. The number of rotatable bonds is 8. The van der Waals surface area contributed by atoms with Gasteiger partial charge in [-0.3, -0.25) is 4.79 Å². The van der Waals surface area contributed by atoms with Crippen molar-refractivity contribution in [3.8, 4) is 45.6 Å². The van der Waals surface area contributed by atoms with Crippen LogP contribution >= 0.6 is 0 Å². The van der Waals surface area contributed by atoms with E-state index in [9.17, 15) is 9.59 Å². The molecular weight excluding hydrogens is 544 g/mol. The normalized spacial score (nSPS) is 21.0. The lowest BCUT2D eigenvalue weighted by Crippen LogP contribution is -2.32. The van der Waals surface area contributed by atoms with Crippen molar-refractivity contribution < 1.29 is 47.5 Å². The largest absolute Gasteiger partial charge is 0.493 e. The van der Waals surface area contributed by atoms with Crippen molar-refractivity contribution in [2.24, 2.45) is 17.8 Å². The molecule has 0 bridgehead atoms. The number of fused-ring (bicyclic) bond motifs is 4. The van der Waals surface area contributed by atoms with Gasteiger partial charge in [-0.25, -0.2) is 4.79 Å². The van der Waals surface area contributed by atoms with E-state index in [1.807, 2.05) is 19.9 Å². The zero-order valence-electron chi connectivity index (χ0n) is 25.9. The Kier molecular flexibility index (Phi) is 9.13. The molecule has 2 aromatic rings. The fraction of sp³-hybridized carbons (Fsp3) is 0.500. The molecule has 42 heavy (non-hydrogen) atoms. The van der Waals surface area contributed by atoms with Crippen LogP contribution in [0.3, 0.4) is 0 Å². The summed E-state index contributed by atoms with van der Waals surface area (Å²) >= 11 is 0. The Morgan fingerprint density at radius 2 is 1.40 bits per heavy atom. The number of ether oxygens (including phenoxy) is 8. The standard InChI is InChI=1S/C32H40O10/c1-11-16(4)32(34)42-26-18(6)17(5)25(41-31(33)15(2)3)20-13-22-28(40-14-39-22)30(38-10)24(20)23-19(26)12-21(35-7)27(36-8)29(23)37-9/h11-13,15,17-18,25-26H,14H2,1-10H3/b16-11-/t17-,18+,25-,26-/m1/s1. The molecule has 0 saturated carbocycles. The summed E-state index contributed by atoms with van der Waals surface area (Å²) in [5.74, 6) is 0.333. The number of benzene rings is 2. The first-order chi connectivity index (χ1) is 20.0. The van der Waals surface area contributed by atoms with E-state index in [0.717, 1.165) is 0 Å². The summed E-state index contributed by atoms with van der Waals surface area (Å²) in [4.78, 5) is 26.4. The van der Waals surface area contributed by atoms with E-state index in [1.54, 1.807) is 39.8 Å². The van der Waals surface area contributed by atoms with Crippen LogP contribution in [0.2, 0.25) is 0 Å². The Labute approximate surface area is 246 Å². The summed E-state index contributed by atoms with van der Waals surface area (Å²) in [6.45, 7) is 11.0. The first kappa shape index (κ1) is 30.9. The van der Waals surface area contributed by atoms with E-state index in [4.69, 9.17) is 37.9 Å². The van der Waals surface area contributed by atoms with Gasteiger partial charge in [-0.2, -0.15) is 0 Å². The lowest BCUT2D eigenvalue weighted by molar-refractivity contribution is -0.161. The molecule has 1 aliphatic carbocycles. The van der Waals surface area contributed by atoms with Gasteiger partial charge in [0.05, 0.1) is 34.4 Å². The number of carbonyl (C=O) groups excluding carboxylic acids is 2. The maximum absolute atomic E-state index is 13.3. The SMILES string of the molecule is C/C=C(/C)C(=O)O[C@H]1c2cc(OC)c(OC)c(OC)c2-c2c(cc3c(c2OC)OCO3)[C@H](OC(=O)C(C)C)[C@H](C)[C@@H]1C. The van der Waals surface area contributed by atoms with Gasteiger partial charge in [0.2, 0.25) is 18.3 Å². The highest BCUT2D eigenvalue weighted by atomic mass is 16.7. The summed E-state index contributed by atoms with van der Waals surface area (Å²) < 4.78 is 47.6. The van der Waals surface area contributed by atoms with E-state index in [1.165, 1.54) is 28.4 Å². The molecule has 1 heterocycles. The second-order valence-corrected chi connectivity index (χ2v) is 10.7. The number of hydrogen-bond donors (Lipinski definition) is 0. The highest BCUT2D eigenvalue weighted by Gasteiger charge is 2.44. The van der Waals surface area contributed by atoms with E-state index in [-0.39, 0.29) is 30.5 Å². The Morgan fingerprint density at radius 1 is 0.833 bits per heavy atom. The molecule has 0 amide bonds. The molecule has 10 nitrogen and oxygen atoms in total. The molecule has 0 aromatic heterocycles. The Morgan fingerprint density at radius 3 is 1.95 bits per heavy atom. The van der Waals surface area contributed by atoms with Crippen LogP contribution in [0.1, 0.15) is 64.9 Å². The minimum atomic E-state index is -0.811. The van der Waals surface area contributed by atoms with Crippen molar-refractivity contribution in [2.75, 3.05) is 35.2 Å². The van der Waals surface area contributed by atoms with Gasteiger partial charge >= 0.3 is 11.9 Å². The average molecular weight is 585 g/mol. The average Bonchev–Trinajstić information content (AvgIpc) is 3.47. The van der Waals surface area contributed by atoms with Gasteiger partial charge in [-0.05, 0) is 26.0 Å². The number of carbonyl (C=O) groups is 2. The lowest BCUT2D eigenvalue weighted by Gasteiger charge is -2.39. The topological polar surface area (TPSA) is 108 Å². The van der Waals surface area contributed by atoms with Crippen molar-refractivity contribution in [3.05, 3.63) is 34.9 Å². The van der Waals surface area contributed by atoms with Gasteiger partial charge in [-0.15, -0.1) is 0 Å². The summed E-state index contributed by atoms with van der Waals surface area (Å²) in [6, 6.07) is 3.61. The minimum absolute atomic E-state index is 0.00418. The van der Waals surface area contributed by atoms with Gasteiger partial charge in [0.25, 0.3) is 0 Å². The van der Waals surface area contributed by atoms with Crippen molar-refractivity contribution >= 4 is 11.9 Å². The Balaban J connectivity index is 2.19. The summed E-state index contributed by atoms with van der Waals surface area (Å²) in [5.41, 5.74) is 2.76. The van der Waals surface area contributed by atoms with Crippen LogP contribution in [0.5, 0.6) is 34.5 Å². The molecule has 0 fully saturated rings.